The number of aromatic nitrogens is 6. The van der Waals surface area contributed by atoms with Crippen molar-refractivity contribution >= 4 is 28.0 Å². The molecule has 4 atom stereocenters. The zero-order chi connectivity index (χ0) is 29.1. The smallest absolute Gasteiger partial charge is 0.167 e. The summed E-state index contributed by atoms with van der Waals surface area (Å²) >= 11 is 0. The van der Waals surface area contributed by atoms with Crippen molar-refractivity contribution < 1.29 is 14.9 Å². The van der Waals surface area contributed by atoms with Crippen LogP contribution in [0.5, 0.6) is 0 Å². The second kappa shape index (κ2) is 10.6. The van der Waals surface area contributed by atoms with Gasteiger partial charge in [0.25, 0.3) is 0 Å². The molecule has 0 bridgehead atoms. The van der Waals surface area contributed by atoms with E-state index < -0.39 is 24.5 Å². The lowest BCUT2D eigenvalue weighted by Crippen LogP contribution is -2.52. The molecule has 41 heavy (non-hydrogen) atoms. The molecule has 1 aliphatic heterocycles. The Morgan fingerprint density at radius 3 is 2.66 bits per heavy atom. The number of nitrogens with zero attached hydrogens (tertiary/aromatic N) is 6. The summed E-state index contributed by atoms with van der Waals surface area (Å²) in [7, 11) is 0. The average molecular weight is 563 g/mol. The Morgan fingerprint density at radius 1 is 1.15 bits per heavy atom. The summed E-state index contributed by atoms with van der Waals surface area (Å²) < 4.78 is 7.86. The van der Waals surface area contributed by atoms with Gasteiger partial charge in [0, 0.05) is 25.0 Å². The number of nitrogens with two attached hydrogens (primary N) is 1. The van der Waals surface area contributed by atoms with Crippen molar-refractivity contribution in [2.45, 2.75) is 102 Å². The number of ether oxygens (including phenoxy) is 1. The van der Waals surface area contributed by atoms with Crippen LogP contribution in [0.25, 0.3) is 22.2 Å². The molecule has 2 fully saturated rings. The number of anilines is 1. The van der Waals surface area contributed by atoms with Gasteiger partial charge in [0.1, 0.15) is 36.0 Å². The van der Waals surface area contributed by atoms with E-state index in [2.05, 4.69) is 77.7 Å². The van der Waals surface area contributed by atoms with Crippen LogP contribution in [-0.2, 0) is 16.6 Å². The van der Waals surface area contributed by atoms with Crippen LogP contribution < -0.4 is 5.73 Å². The van der Waals surface area contributed by atoms with Gasteiger partial charge in [-0.25, -0.2) is 19.9 Å². The molecule has 0 spiro atoms. The maximum Gasteiger partial charge on any atom is 0.167 e. The molecule has 2 aliphatic rings. The molecule has 4 aromatic rings. The van der Waals surface area contributed by atoms with E-state index in [9.17, 15) is 10.2 Å². The van der Waals surface area contributed by atoms with E-state index in [0.717, 1.165) is 42.5 Å². The van der Waals surface area contributed by atoms with E-state index >= 15 is 0 Å². The summed E-state index contributed by atoms with van der Waals surface area (Å²) in [4.78, 5) is 23.3. The third kappa shape index (κ3) is 5.31. The normalized spacial score (nSPS) is 27.0. The van der Waals surface area contributed by atoms with Gasteiger partial charge in [-0.3, -0.25) is 9.47 Å². The van der Waals surface area contributed by atoms with E-state index in [0.29, 0.717) is 29.7 Å². The number of aliphatic hydroxyl groups is 2. The summed E-state index contributed by atoms with van der Waals surface area (Å²) in [5.41, 5.74) is 10.4. The molecule has 220 valence electrons. The summed E-state index contributed by atoms with van der Waals surface area (Å²) in [6.45, 7) is 11.6. The molecule has 0 radical (unpaired) electrons. The minimum atomic E-state index is -1.11. The molecule has 6 rings (SSSR count). The fourth-order valence-corrected chi connectivity index (χ4v) is 6.35. The third-order valence-electron chi connectivity index (χ3n) is 8.92. The quantitative estimate of drug-likeness (QED) is 0.253. The first kappa shape index (κ1) is 28.0. The lowest BCUT2D eigenvalue weighted by atomic mass is 9.76. The van der Waals surface area contributed by atoms with Gasteiger partial charge in [-0.05, 0) is 62.1 Å². The van der Waals surface area contributed by atoms with Crippen LogP contribution in [0.15, 0.2) is 30.9 Å². The summed E-state index contributed by atoms with van der Waals surface area (Å²) in [5, 5.41) is 21.8. The summed E-state index contributed by atoms with van der Waals surface area (Å²) in [6, 6.07) is 7.22. The number of aromatic amines is 1. The Balaban J connectivity index is 1.06. The molecule has 3 aromatic heterocycles. The number of fused-ring (bicyclic) bond motifs is 2. The number of benzene rings is 1. The zero-order valence-electron chi connectivity index (χ0n) is 24.5. The first-order chi connectivity index (χ1) is 19.5. The maximum atomic E-state index is 10.9. The van der Waals surface area contributed by atoms with Crippen LogP contribution >= 0.6 is 0 Å². The number of aliphatic hydroxyl groups excluding tert-OH is 2. The van der Waals surface area contributed by atoms with Crippen LogP contribution in [0, 0.1) is 5.92 Å². The van der Waals surface area contributed by atoms with Gasteiger partial charge in [0.15, 0.2) is 17.7 Å². The van der Waals surface area contributed by atoms with Gasteiger partial charge in [0.05, 0.1) is 17.4 Å². The highest BCUT2D eigenvalue weighted by Gasteiger charge is 2.46. The Labute approximate surface area is 240 Å². The molecule has 1 saturated heterocycles. The highest BCUT2D eigenvalue weighted by Crippen LogP contribution is 2.38. The predicted molar refractivity (Wildman–Crippen MR) is 157 cm³/mol. The van der Waals surface area contributed by atoms with Crippen molar-refractivity contribution in [2.24, 2.45) is 5.92 Å². The summed E-state index contributed by atoms with van der Waals surface area (Å²) in [5.74, 6) is 1.95. The standard InChI is InChI=1S/C30H42N8O3/c1-16(2)37(13-22-25(39)26(40)29(41-22)38-15-34-24-27(31)32-14-33-28(24)38)19-10-17(11-19)6-9-23-35-20-8-7-18(30(3,4)5)12-21(20)36-23/h7-8,12,14-17,19,22,25-26,29,39-40H,6,9-11,13H2,1-5H3,(H,35,36)(H2,31,32,33)/t17?,19?,22-,25-,26-,29-/m0/s1. The molecule has 4 heterocycles. The number of H-pyrrole nitrogens is 1. The number of nitrogen functional groups attached to an aromatic ring is 1. The van der Waals surface area contributed by atoms with Crippen LogP contribution in [0.4, 0.5) is 5.82 Å². The minimum Gasteiger partial charge on any atom is -0.387 e. The Bertz CT molecular complexity index is 1520. The van der Waals surface area contributed by atoms with Crippen LogP contribution in [-0.4, -0.2) is 81.5 Å². The Morgan fingerprint density at radius 2 is 1.93 bits per heavy atom. The lowest BCUT2D eigenvalue weighted by molar-refractivity contribution is -0.0620. The number of hydrogen-bond donors (Lipinski definition) is 4. The first-order valence-electron chi connectivity index (χ1n) is 14.7. The van der Waals surface area contributed by atoms with E-state index in [1.807, 2.05) is 0 Å². The van der Waals surface area contributed by atoms with Crippen molar-refractivity contribution in [1.29, 1.82) is 0 Å². The van der Waals surface area contributed by atoms with Crippen molar-refractivity contribution in [3.8, 4) is 0 Å². The molecule has 11 heteroatoms. The van der Waals surface area contributed by atoms with Gasteiger partial charge in [0.2, 0.25) is 0 Å². The Hall–Kier alpha value is -3.12. The lowest BCUT2D eigenvalue weighted by Gasteiger charge is -2.46. The van der Waals surface area contributed by atoms with Gasteiger partial charge in [-0.1, -0.05) is 26.8 Å². The van der Waals surface area contributed by atoms with Crippen LogP contribution in [0.2, 0.25) is 0 Å². The molecule has 1 aliphatic carbocycles. The highest BCUT2D eigenvalue weighted by atomic mass is 16.6. The highest BCUT2D eigenvalue weighted by molar-refractivity contribution is 5.81. The van der Waals surface area contributed by atoms with E-state index in [4.69, 9.17) is 15.5 Å². The van der Waals surface area contributed by atoms with Crippen molar-refractivity contribution in [3.63, 3.8) is 0 Å². The van der Waals surface area contributed by atoms with Gasteiger partial charge < -0.3 is 25.7 Å². The SMILES string of the molecule is CC(C)N(C[C@@H]1O[C@H](n2cnc3c(N)ncnc32)[C@@H](O)[C@H]1O)C1CC(CCc2nc3ccc(C(C)(C)C)cc3[nH]2)C1. The molecule has 0 amide bonds. The van der Waals surface area contributed by atoms with Crippen LogP contribution in [0.1, 0.15) is 71.5 Å². The third-order valence-corrected chi connectivity index (χ3v) is 8.92. The van der Waals surface area contributed by atoms with E-state index in [1.165, 1.54) is 18.2 Å². The van der Waals surface area contributed by atoms with E-state index in [1.54, 1.807) is 4.57 Å². The fraction of sp³-hybridized carbons (Fsp3) is 0.600. The molecule has 11 nitrogen and oxygen atoms in total. The monoisotopic (exact) mass is 562 g/mol. The first-order valence-corrected chi connectivity index (χ1v) is 14.7. The minimum absolute atomic E-state index is 0.110. The maximum absolute atomic E-state index is 10.9. The zero-order valence-corrected chi connectivity index (χ0v) is 24.5. The number of rotatable bonds is 8. The molecule has 1 saturated carbocycles. The molecule has 1 aromatic carbocycles. The average Bonchev–Trinajstić information content (AvgIpc) is 3.58. The Kier molecular flexibility index (Phi) is 7.25. The molecule has 0 unspecified atom stereocenters. The van der Waals surface area contributed by atoms with Gasteiger partial charge in [-0.2, -0.15) is 0 Å². The van der Waals surface area contributed by atoms with Crippen molar-refractivity contribution in [3.05, 3.63) is 42.2 Å². The van der Waals surface area contributed by atoms with Crippen molar-refractivity contribution in [2.75, 3.05) is 12.3 Å². The second-order valence-electron chi connectivity index (χ2n) is 13.1. The number of hydrogen-bond acceptors (Lipinski definition) is 9. The predicted octanol–water partition coefficient (Wildman–Crippen LogP) is 3.32. The molecule has 5 N–H and O–H groups in total. The van der Waals surface area contributed by atoms with E-state index in [-0.39, 0.29) is 17.3 Å². The van der Waals surface area contributed by atoms with Gasteiger partial charge >= 0.3 is 0 Å². The number of nitrogens with one attached hydrogen (secondary N) is 1. The van der Waals surface area contributed by atoms with Crippen molar-refractivity contribution in [1.82, 2.24) is 34.4 Å². The topological polar surface area (TPSA) is 151 Å². The number of imidazole rings is 2. The van der Waals surface area contributed by atoms with Gasteiger partial charge in [-0.15, -0.1) is 0 Å². The molecular weight excluding hydrogens is 520 g/mol. The number of aryl methyl sites for hydroxylation is 1. The second-order valence-corrected chi connectivity index (χ2v) is 13.1. The summed E-state index contributed by atoms with van der Waals surface area (Å²) in [6.07, 6.45) is 3.63. The molecular formula is C30H42N8O3. The largest absolute Gasteiger partial charge is 0.387 e. The van der Waals surface area contributed by atoms with Crippen LogP contribution in [0.3, 0.4) is 0 Å². The fourth-order valence-electron chi connectivity index (χ4n) is 6.35.